The number of halogens is 3. The molecule has 0 saturated carbocycles. The maximum atomic E-state index is 13.7. The summed E-state index contributed by atoms with van der Waals surface area (Å²) in [5.41, 5.74) is 5.65. The number of rotatable bonds is 6. The maximum Gasteiger partial charge on any atom is 0.402 e. The maximum absolute atomic E-state index is 13.7. The third-order valence-electron chi connectivity index (χ3n) is 7.68. The van der Waals surface area contributed by atoms with E-state index >= 15 is 0 Å². The summed E-state index contributed by atoms with van der Waals surface area (Å²) in [7, 11) is 0. The van der Waals surface area contributed by atoms with Gasteiger partial charge in [-0.25, -0.2) is 10.4 Å². The number of pyridine rings is 1. The molecule has 2 aromatic rings. The molecule has 0 bridgehead atoms. The Kier molecular flexibility index (Phi) is 8.09. The number of likely N-dealkylation sites (tertiary alicyclic amines) is 1. The topological polar surface area (TPSA) is 114 Å². The average Bonchev–Trinajstić information content (AvgIpc) is 3.44. The lowest BCUT2D eigenvalue weighted by atomic mass is 9.94. The van der Waals surface area contributed by atoms with Crippen molar-refractivity contribution in [3.05, 3.63) is 53.7 Å². The van der Waals surface area contributed by atoms with Gasteiger partial charge in [0.25, 0.3) is 5.91 Å². The van der Waals surface area contributed by atoms with Crippen LogP contribution in [-0.4, -0.2) is 90.7 Å². The summed E-state index contributed by atoms with van der Waals surface area (Å²) in [5, 5.41) is 8.95. The summed E-state index contributed by atoms with van der Waals surface area (Å²) in [4.78, 5) is 35.1. The molecule has 1 aromatic heterocycles. The van der Waals surface area contributed by atoms with E-state index in [9.17, 15) is 22.8 Å². The van der Waals surface area contributed by atoms with Crippen molar-refractivity contribution in [2.45, 2.75) is 31.1 Å². The molecule has 3 aliphatic rings. The summed E-state index contributed by atoms with van der Waals surface area (Å²) in [5.74, 6) is -2.09. The summed E-state index contributed by atoms with van der Waals surface area (Å²) in [6.45, 7) is 2.80. The first-order valence-corrected chi connectivity index (χ1v) is 13.2. The van der Waals surface area contributed by atoms with E-state index in [0.29, 0.717) is 62.4 Å². The number of aromatic nitrogens is 1. The van der Waals surface area contributed by atoms with Crippen molar-refractivity contribution in [2.75, 3.05) is 50.8 Å². The first-order valence-electron chi connectivity index (χ1n) is 13.2. The van der Waals surface area contributed by atoms with Crippen LogP contribution in [0.25, 0.3) is 0 Å². The zero-order valence-corrected chi connectivity index (χ0v) is 21.7. The quantitative estimate of drug-likeness (QED) is 0.554. The number of hydrazine groups is 1. The highest BCUT2D eigenvalue weighted by Crippen LogP contribution is 2.35. The molecule has 5 rings (SSSR count). The third kappa shape index (κ3) is 5.97. The number of hydrogen-bond donors (Lipinski definition) is 2. The molecule has 212 valence electrons. The second-order valence-electron chi connectivity index (χ2n) is 10.1. The Morgan fingerprint density at radius 2 is 1.95 bits per heavy atom. The molecule has 40 heavy (non-hydrogen) atoms. The Balaban J connectivity index is 1.18. The second-order valence-corrected chi connectivity index (χ2v) is 10.1. The molecule has 3 saturated heterocycles. The highest BCUT2D eigenvalue weighted by molar-refractivity contribution is 5.94. The monoisotopic (exact) mass is 557 g/mol. The zero-order chi connectivity index (χ0) is 28.3. The van der Waals surface area contributed by atoms with Gasteiger partial charge in [-0.15, -0.1) is 0 Å². The number of nitriles is 1. The average molecular weight is 558 g/mol. The predicted molar refractivity (Wildman–Crippen MR) is 138 cm³/mol. The molecule has 3 fully saturated rings. The van der Waals surface area contributed by atoms with Crippen LogP contribution < -0.4 is 20.5 Å². The van der Waals surface area contributed by atoms with Crippen molar-refractivity contribution >= 4 is 17.6 Å². The Morgan fingerprint density at radius 3 is 2.65 bits per heavy atom. The molecule has 3 aliphatic heterocycles. The molecule has 2 amide bonds. The van der Waals surface area contributed by atoms with Crippen molar-refractivity contribution in [1.82, 2.24) is 25.6 Å². The van der Waals surface area contributed by atoms with E-state index in [1.165, 1.54) is 6.20 Å². The molecule has 0 spiro atoms. The first-order chi connectivity index (χ1) is 19.2. The third-order valence-corrected chi connectivity index (χ3v) is 7.68. The number of nitrogens with zero attached hydrogens (tertiary/aromatic N) is 5. The van der Waals surface area contributed by atoms with Crippen LogP contribution in [0.15, 0.2) is 42.6 Å². The summed E-state index contributed by atoms with van der Waals surface area (Å²) in [6.07, 6.45) is -1.76. The van der Waals surface area contributed by atoms with Crippen molar-refractivity contribution in [2.24, 2.45) is 5.92 Å². The minimum absolute atomic E-state index is 0.00902. The smallest absolute Gasteiger partial charge is 0.402 e. The van der Waals surface area contributed by atoms with Crippen LogP contribution in [0.1, 0.15) is 28.8 Å². The van der Waals surface area contributed by atoms with Gasteiger partial charge in [0.1, 0.15) is 24.2 Å². The normalized spacial score (nSPS) is 23.9. The van der Waals surface area contributed by atoms with Gasteiger partial charge in [-0.1, -0.05) is 6.07 Å². The van der Waals surface area contributed by atoms with Crippen LogP contribution in [0.3, 0.4) is 0 Å². The Bertz CT molecular complexity index is 1260. The minimum atomic E-state index is -4.65. The van der Waals surface area contributed by atoms with Crippen LogP contribution in [0.4, 0.5) is 19.0 Å². The van der Waals surface area contributed by atoms with Crippen LogP contribution in [0.5, 0.6) is 5.75 Å². The van der Waals surface area contributed by atoms with Gasteiger partial charge >= 0.3 is 6.18 Å². The van der Waals surface area contributed by atoms with E-state index < -0.39 is 24.0 Å². The molecular weight excluding hydrogens is 527 g/mol. The standard InChI is InChI=1S/C27H30F3N7O3/c28-27(29,30)24-22(16-33-34-25(24)38)37-8-2-4-20(37)17-40-21-5-1-3-19(13-21)26(39)36-11-9-35(10-12-36)23-7-6-18(14-31)15-32-23/h1,3,5-7,13,15,20,22,24,33H,2,4,8-12,16-17H2,(H,34,38)/t20-,22?,24?/m0/s1. The Hall–Kier alpha value is -3.89. The second kappa shape index (κ2) is 11.7. The summed E-state index contributed by atoms with van der Waals surface area (Å²) >= 11 is 0. The minimum Gasteiger partial charge on any atom is -0.492 e. The summed E-state index contributed by atoms with van der Waals surface area (Å²) in [6, 6.07) is 11.1. The van der Waals surface area contributed by atoms with E-state index in [4.69, 9.17) is 10.00 Å². The number of benzene rings is 1. The van der Waals surface area contributed by atoms with Gasteiger partial charge in [0.15, 0.2) is 5.92 Å². The lowest BCUT2D eigenvalue weighted by Gasteiger charge is -2.40. The van der Waals surface area contributed by atoms with Crippen molar-refractivity contribution < 1.29 is 27.5 Å². The predicted octanol–water partition coefficient (Wildman–Crippen LogP) is 1.94. The SMILES string of the molecule is N#Cc1ccc(N2CCN(C(=O)c3cccc(OC[C@@H]4CCCN4C4CNNC(=O)C4C(F)(F)F)c3)CC2)nc1. The molecule has 1 aromatic carbocycles. The zero-order valence-electron chi connectivity index (χ0n) is 21.7. The molecule has 0 aliphatic carbocycles. The molecule has 0 radical (unpaired) electrons. The summed E-state index contributed by atoms with van der Waals surface area (Å²) < 4.78 is 47.0. The fourth-order valence-electron chi connectivity index (χ4n) is 5.63. The van der Waals surface area contributed by atoms with Gasteiger partial charge in [0.05, 0.1) is 5.56 Å². The number of alkyl halides is 3. The van der Waals surface area contributed by atoms with Gasteiger partial charge in [0.2, 0.25) is 5.91 Å². The number of carbonyl (C=O) groups is 2. The van der Waals surface area contributed by atoms with Crippen molar-refractivity contribution in [3.63, 3.8) is 0 Å². The largest absolute Gasteiger partial charge is 0.492 e. The van der Waals surface area contributed by atoms with Gasteiger partial charge in [0, 0.05) is 56.6 Å². The highest BCUT2D eigenvalue weighted by Gasteiger charge is 2.54. The van der Waals surface area contributed by atoms with Gasteiger partial charge in [-0.05, 0) is 49.7 Å². The molecule has 10 nitrogen and oxygen atoms in total. The van der Waals surface area contributed by atoms with E-state index in [2.05, 4.69) is 20.7 Å². The van der Waals surface area contributed by atoms with E-state index in [0.717, 1.165) is 5.82 Å². The molecule has 4 heterocycles. The van der Waals surface area contributed by atoms with Crippen LogP contribution >= 0.6 is 0 Å². The number of carbonyl (C=O) groups excluding carboxylic acids is 2. The lowest BCUT2D eigenvalue weighted by molar-refractivity contribution is -0.201. The fourth-order valence-corrected chi connectivity index (χ4v) is 5.63. The number of piperazine rings is 1. The fraction of sp³-hybridized carbons (Fsp3) is 0.481. The Morgan fingerprint density at radius 1 is 1.15 bits per heavy atom. The molecule has 3 atom stereocenters. The van der Waals surface area contributed by atoms with Crippen LogP contribution in [0.2, 0.25) is 0 Å². The lowest BCUT2D eigenvalue weighted by Crippen LogP contribution is -2.65. The number of hydrogen-bond acceptors (Lipinski definition) is 8. The molecular formula is C27H30F3N7O3. The van der Waals surface area contributed by atoms with E-state index in [1.54, 1.807) is 46.2 Å². The number of anilines is 1. The van der Waals surface area contributed by atoms with Crippen molar-refractivity contribution in [3.8, 4) is 11.8 Å². The van der Waals surface area contributed by atoms with E-state index in [-0.39, 0.29) is 25.1 Å². The van der Waals surface area contributed by atoms with Gasteiger partial charge < -0.3 is 14.5 Å². The molecule has 2 unspecified atom stereocenters. The number of amides is 2. The first kappa shape index (κ1) is 27.7. The highest BCUT2D eigenvalue weighted by atomic mass is 19.4. The molecule has 13 heteroatoms. The Labute approximate surface area is 229 Å². The molecule has 2 N–H and O–H groups in total. The van der Waals surface area contributed by atoms with Crippen LogP contribution in [0, 0.1) is 17.2 Å². The van der Waals surface area contributed by atoms with Gasteiger partial charge in [-0.3, -0.25) is 19.9 Å². The number of nitrogens with one attached hydrogen (secondary N) is 2. The van der Waals surface area contributed by atoms with E-state index in [1.807, 2.05) is 6.07 Å². The van der Waals surface area contributed by atoms with Crippen LogP contribution in [-0.2, 0) is 4.79 Å². The number of ether oxygens (including phenoxy) is 1. The van der Waals surface area contributed by atoms with Gasteiger partial charge in [-0.2, -0.15) is 18.4 Å². The van der Waals surface area contributed by atoms with Crippen molar-refractivity contribution in [1.29, 1.82) is 5.26 Å².